The molecular weight excluding hydrogens is 509 g/mol. The Morgan fingerprint density at radius 2 is 2.00 bits per heavy atom. The molecule has 1 aliphatic rings. The second-order valence-corrected chi connectivity index (χ2v) is 9.94. The average Bonchev–Trinajstić information content (AvgIpc) is 3.35. The molecule has 4 heterocycles. The van der Waals surface area contributed by atoms with Crippen LogP contribution in [-0.2, 0) is 26.7 Å². The van der Waals surface area contributed by atoms with Gasteiger partial charge in [0.2, 0.25) is 0 Å². The Morgan fingerprint density at radius 3 is 2.65 bits per heavy atom. The maximum atomic E-state index is 13.5. The molecule has 0 atom stereocenters. The number of rotatable bonds is 7. The number of halogens is 4. The fourth-order valence-electron chi connectivity index (χ4n) is 4.60. The Hall–Kier alpha value is -3.22. The lowest BCUT2D eigenvalue weighted by Crippen LogP contribution is -2.56. The summed E-state index contributed by atoms with van der Waals surface area (Å²) in [4.78, 5) is 25.6. The molecule has 0 radical (unpaired) electrons. The van der Waals surface area contributed by atoms with Gasteiger partial charge in [0, 0.05) is 44.3 Å². The van der Waals surface area contributed by atoms with Crippen molar-refractivity contribution in [3.8, 4) is 0 Å². The van der Waals surface area contributed by atoms with Gasteiger partial charge in [-0.1, -0.05) is 17.7 Å². The van der Waals surface area contributed by atoms with Gasteiger partial charge in [0.1, 0.15) is 23.4 Å². The standard InChI is InChI=1S/C24H26ClF3N8O/c1-33(2)16-11-35(12-16)9-14-4-5-18-17(6-14)20-21(36(18)13-24(26,27)28)22(25)32-19(31-20)8-29-23(37)15-7-30-34(3)10-15/h4-7,10,16H,8-9,11-13H2,1-3H3,(H,29,37). The van der Waals surface area contributed by atoms with E-state index in [1.165, 1.54) is 10.9 Å². The molecule has 9 nitrogen and oxygen atoms in total. The zero-order chi connectivity index (χ0) is 26.5. The maximum Gasteiger partial charge on any atom is 0.406 e. The number of alkyl halides is 3. The molecule has 0 bridgehead atoms. The highest BCUT2D eigenvalue weighted by Gasteiger charge is 2.32. The van der Waals surface area contributed by atoms with E-state index in [2.05, 4.69) is 30.2 Å². The molecule has 37 heavy (non-hydrogen) atoms. The number of nitrogens with zero attached hydrogens (tertiary/aromatic N) is 7. The van der Waals surface area contributed by atoms with E-state index in [4.69, 9.17) is 11.6 Å². The van der Waals surface area contributed by atoms with Crippen molar-refractivity contribution >= 4 is 39.4 Å². The Labute approximate surface area is 215 Å². The molecule has 1 saturated heterocycles. The molecule has 5 rings (SSSR count). The van der Waals surface area contributed by atoms with Crippen LogP contribution in [0.1, 0.15) is 21.7 Å². The average molecular weight is 535 g/mol. The molecule has 0 aliphatic carbocycles. The number of aromatic nitrogens is 5. The van der Waals surface area contributed by atoms with Crippen LogP contribution in [-0.4, -0.2) is 79.4 Å². The van der Waals surface area contributed by atoms with Gasteiger partial charge in [-0.05, 0) is 31.8 Å². The van der Waals surface area contributed by atoms with Crippen LogP contribution in [0.25, 0.3) is 21.9 Å². The fourth-order valence-corrected chi connectivity index (χ4v) is 4.89. The minimum absolute atomic E-state index is 0.0469. The van der Waals surface area contributed by atoms with Crippen LogP contribution in [0.2, 0.25) is 5.15 Å². The molecule has 0 spiro atoms. The van der Waals surface area contributed by atoms with E-state index in [1.54, 1.807) is 19.3 Å². The molecule has 4 aromatic rings. The minimum Gasteiger partial charge on any atom is -0.345 e. The van der Waals surface area contributed by atoms with E-state index in [0.717, 1.165) is 23.2 Å². The van der Waals surface area contributed by atoms with E-state index in [0.29, 0.717) is 34.6 Å². The molecule has 3 aromatic heterocycles. The first kappa shape index (κ1) is 25.4. The third kappa shape index (κ3) is 5.27. The van der Waals surface area contributed by atoms with Crippen molar-refractivity contribution in [2.45, 2.75) is 31.9 Å². The number of fused-ring (bicyclic) bond motifs is 3. The summed E-state index contributed by atoms with van der Waals surface area (Å²) in [5.41, 5.74) is 2.14. The predicted octanol–water partition coefficient (Wildman–Crippen LogP) is 3.21. The molecule has 1 aliphatic heterocycles. The minimum atomic E-state index is -4.46. The molecule has 0 saturated carbocycles. The fraction of sp³-hybridized carbons (Fsp3) is 0.417. The predicted molar refractivity (Wildman–Crippen MR) is 133 cm³/mol. The van der Waals surface area contributed by atoms with Crippen LogP contribution >= 0.6 is 11.6 Å². The summed E-state index contributed by atoms with van der Waals surface area (Å²) in [5.74, 6) is -0.178. The number of hydrogen-bond donors (Lipinski definition) is 1. The first-order chi connectivity index (χ1) is 17.5. The van der Waals surface area contributed by atoms with E-state index < -0.39 is 12.7 Å². The van der Waals surface area contributed by atoms with Crippen molar-refractivity contribution in [3.63, 3.8) is 0 Å². The molecule has 1 aromatic carbocycles. The van der Waals surface area contributed by atoms with Crippen LogP contribution in [0.3, 0.4) is 0 Å². The molecule has 0 unspecified atom stereocenters. The van der Waals surface area contributed by atoms with Gasteiger partial charge in [0.15, 0.2) is 5.15 Å². The van der Waals surface area contributed by atoms with E-state index in [-0.39, 0.29) is 28.9 Å². The lowest BCUT2D eigenvalue weighted by Gasteiger charge is -2.42. The number of carbonyl (C=O) groups excluding carboxylic acids is 1. The number of carbonyl (C=O) groups is 1. The summed E-state index contributed by atoms with van der Waals surface area (Å²) >= 11 is 6.43. The third-order valence-electron chi connectivity index (χ3n) is 6.55. The number of likely N-dealkylation sites (tertiary alicyclic amines) is 1. The second kappa shape index (κ2) is 9.58. The highest BCUT2D eigenvalue weighted by atomic mass is 35.5. The van der Waals surface area contributed by atoms with Crippen LogP contribution in [0.15, 0.2) is 30.6 Å². The monoisotopic (exact) mass is 534 g/mol. The van der Waals surface area contributed by atoms with Crippen LogP contribution in [0.4, 0.5) is 13.2 Å². The highest BCUT2D eigenvalue weighted by Crippen LogP contribution is 2.35. The SMILES string of the molecule is CN(C)C1CN(Cc2ccc3c(c2)c2nc(CNC(=O)c4cnn(C)c4)nc(Cl)c2n3CC(F)(F)F)C1. The van der Waals surface area contributed by atoms with E-state index in [9.17, 15) is 18.0 Å². The van der Waals surface area contributed by atoms with Gasteiger partial charge < -0.3 is 14.8 Å². The Morgan fingerprint density at radius 1 is 1.24 bits per heavy atom. The quantitative estimate of drug-likeness (QED) is 0.367. The summed E-state index contributed by atoms with van der Waals surface area (Å²) in [7, 11) is 5.79. The molecular formula is C24H26ClF3N8O. The first-order valence-corrected chi connectivity index (χ1v) is 12.1. The number of nitrogens with one attached hydrogen (secondary N) is 1. The summed E-state index contributed by atoms with van der Waals surface area (Å²) in [6, 6.07) is 5.89. The van der Waals surface area contributed by atoms with Crippen molar-refractivity contribution in [2.75, 3.05) is 27.2 Å². The van der Waals surface area contributed by atoms with Gasteiger partial charge in [-0.25, -0.2) is 9.97 Å². The zero-order valence-corrected chi connectivity index (χ0v) is 21.3. The Balaban J connectivity index is 1.49. The van der Waals surface area contributed by atoms with Crippen LogP contribution in [0.5, 0.6) is 0 Å². The lowest BCUT2D eigenvalue weighted by molar-refractivity contribution is -0.139. The van der Waals surface area contributed by atoms with Crippen molar-refractivity contribution in [1.29, 1.82) is 0 Å². The highest BCUT2D eigenvalue weighted by molar-refractivity contribution is 6.34. The van der Waals surface area contributed by atoms with Gasteiger partial charge in [-0.2, -0.15) is 18.3 Å². The molecule has 13 heteroatoms. The van der Waals surface area contributed by atoms with Gasteiger partial charge in [-0.3, -0.25) is 14.4 Å². The number of aryl methyl sites for hydroxylation is 1. The lowest BCUT2D eigenvalue weighted by atomic mass is 10.1. The summed E-state index contributed by atoms with van der Waals surface area (Å²) in [6.45, 7) is 1.27. The van der Waals surface area contributed by atoms with E-state index in [1.807, 2.05) is 26.2 Å². The summed E-state index contributed by atoms with van der Waals surface area (Å²) in [5, 5.41) is 7.13. The first-order valence-electron chi connectivity index (χ1n) is 11.7. The zero-order valence-electron chi connectivity index (χ0n) is 20.6. The van der Waals surface area contributed by atoms with Crippen LogP contribution < -0.4 is 5.32 Å². The van der Waals surface area contributed by atoms with Gasteiger partial charge in [-0.15, -0.1) is 0 Å². The second-order valence-electron chi connectivity index (χ2n) is 9.58. The summed E-state index contributed by atoms with van der Waals surface area (Å²) in [6.07, 6.45) is -1.47. The largest absolute Gasteiger partial charge is 0.406 e. The Bertz CT molecular complexity index is 1470. The molecule has 196 valence electrons. The number of amides is 1. The van der Waals surface area contributed by atoms with Crippen molar-refractivity contribution in [2.24, 2.45) is 7.05 Å². The van der Waals surface area contributed by atoms with Gasteiger partial charge >= 0.3 is 6.18 Å². The van der Waals surface area contributed by atoms with Gasteiger partial charge in [0.05, 0.1) is 23.8 Å². The molecule has 1 fully saturated rings. The maximum absolute atomic E-state index is 13.5. The normalized spacial score (nSPS) is 15.1. The van der Waals surface area contributed by atoms with Gasteiger partial charge in [0.25, 0.3) is 5.91 Å². The number of likely N-dealkylation sites (N-methyl/N-ethyl adjacent to an activating group) is 1. The third-order valence-corrected chi connectivity index (χ3v) is 6.81. The molecule has 1 amide bonds. The van der Waals surface area contributed by atoms with Crippen LogP contribution in [0, 0.1) is 0 Å². The van der Waals surface area contributed by atoms with Crippen molar-refractivity contribution in [3.05, 3.63) is 52.7 Å². The van der Waals surface area contributed by atoms with Crippen molar-refractivity contribution < 1.29 is 18.0 Å². The topological polar surface area (TPSA) is 84.1 Å². The summed E-state index contributed by atoms with van der Waals surface area (Å²) < 4.78 is 43.1. The smallest absolute Gasteiger partial charge is 0.345 e. The molecule has 1 N–H and O–H groups in total. The number of hydrogen-bond acceptors (Lipinski definition) is 6. The Kier molecular flexibility index (Phi) is 6.59. The number of benzene rings is 1. The van der Waals surface area contributed by atoms with Crippen molar-refractivity contribution in [1.82, 2.24) is 39.4 Å². The van der Waals surface area contributed by atoms with E-state index >= 15 is 0 Å².